The highest BCUT2D eigenvalue weighted by Gasteiger charge is 2.50. The molecule has 0 spiro atoms. The number of hydrogen-bond acceptors (Lipinski definition) is 2. The fraction of sp³-hybridized carbons (Fsp3) is 0.462. The largest absolute Gasteiger partial charge is 0.455 e. The van der Waals surface area contributed by atoms with Crippen LogP contribution >= 0.6 is 0 Å². The van der Waals surface area contributed by atoms with Crippen molar-refractivity contribution in [3.05, 3.63) is 35.1 Å². The van der Waals surface area contributed by atoms with E-state index < -0.39 is 0 Å². The summed E-state index contributed by atoms with van der Waals surface area (Å²) in [6.45, 7) is 5.60. The summed E-state index contributed by atoms with van der Waals surface area (Å²) in [6.07, 6.45) is 0.902. The van der Waals surface area contributed by atoms with Gasteiger partial charge in [-0.3, -0.25) is 0 Å². The fourth-order valence-corrected chi connectivity index (χ4v) is 1.73. The van der Waals surface area contributed by atoms with E-state index in [1.807, 2.05) is 13.8 Å². The van der Waals surface area contributed by atoms with E-state index in [0.29, 0.717) is 17.0 Å². The van der Waals surface area contributed by atoms with Crippen molar-refractivity contribution in [3.63, 3.8) is 0 Å². The molecule has 1 saturated carbocycles. The minimum Gasteiger partial charge on any atom is -0.455 e. The number of carbonyl (C=O) groups excluding carboxylic acids is 1. The Morgan fingerprint density at radius 2 is 2.19 bits per heavy atom. The minimum atomic E-state index is -0.366. The molecule has 0 saturated heterocycles. The molecule has 2 rings (SSSR count). The average molecular weight is 222 g/mol. The van der Waals surface area contributed by atoms with Crippen LogP contribution in [0, 0.1) is 18.7 Å². The molecule has 1 aromatic carbocycles. The highest BCUT2D eigenvalue weighted by molar-refractivity contribution is 5.90. The molecule has 0 aliphatic heterocycles. The van der Waals surface area contributed by atoms with E-state index in [2.05, 4.69) is 0 Å². The van der Waals surface area contributed by atoms with Gasteiger partial charge in [0.2, 0.25) is 0 Å². The van der Waals surface area contributed by atoms with Gasteiger partial charge in [0, 0.05) is 0 Å². The third-order valence-corrected chi connectivity index (χ3v) is 3.31. The lowest BCUT2D eigenvalue weighted by molar-refractivity contribution is 0.0238. The number of carbonyl (C=O) groups is 1. The number of ether oxygens (including phenoxy) is 1. The summed E-state index contributed by atoms with van der Waals surface area (Å²) in [5, 5.41) is 0. The normalized spacial score (nSPS) is 27.6. The van der Waals surface area contributed by atoms with Gasteiger partial charge >= 0.3 is 5.97 Å². The first-order chi connectivity index (χ1) is 7.42. The van der Waals surface area contributed by atoms with Crippen molar-refractivity contribution in [2.24, 2.45) is 5.92 Å². The zero-order chi connectivity index (χ0) is 11.9. The van der Waals surface area contributed by atoms with E-state index in [1.54, 1.807) is 6.92 Å². The third kappa shape index (κ3) is 1.94. The van der Waals surface area contributed by atoms with Gasteiger partial charge in [-0.25, -0.2) is 9.18 Å². The zero-order valence-corrected chi connectivity index (χ0v) is 9.71. The number of hydrogen-bond donors (Lipinski definition) is 0. The van der Waals surface area contributed by atoms with E-state index in [9.17, 15) is 9.18 Å². The maximum Gasteiger partial charge on any atom is 0.338 e. The van der Waals surface area contributed by atoms with Crippen molar-refractivity contribution in [2.45, 2.75) is 32.8 Å². The van der Waals surface area contributed by atoms with Gasteiger partial charge in [-0.1, -0.05) is 6.92 Å². The topological polar surface area (TPSA) is 26.3 Å². The molecule has 1 aliphatic rings. The van der Waals surface area contributed by atoms with Crippen molar-refractivity contribution in [2.75, 3.05) is 0 Å². The van der Waals surface area contributed by atoms with Crippen molar-refractivity contribution in [1.82, 2.24) is 0 Å². The van der Waals surface area contributed by atoms with Gasteiger partial charge in [-0.05, 0) is 49.9 Å². The molecular formula is C13H15FO2. The molecule has 1 aliphatic carbocycles. The highest BCUT2D eigenvalue weighted by atomic mass is 19.1. The molecule has 0 aromatic heterocycles. The van der Waals surface area contributed by atoms with E-state index in [0.717, 1.165) is 6.42 Å². The first-order valence-corrected chi connectivity index (χ1v) is 5.42. The lowest BCUT2D eigenvalue weighted by Crippen LogP contribution is -2.18. The predicted molar refractivity (Wildman–Crippen MR) is 58.7 cm³/mol. The molecule has 0 heterocycles. The highest BCUT2D eigenvalue weighted by Crippen LogP contribution is 2.46. The molecule has 1 fully saturated rings. The van der Waals surface area contributed by atoms with Crippen molar-refractivity contribution < 1.29 is 13.9 Å². The number of aryl methyl sites for hydroxylation is 1. The van der Waals surface area contributed by atoms with Crippen molar-refractivity contribution in [3.8, 4) is 0 Å². The van der Waals surface area contributed by atoms with Gasteiger partial charge in [0.05, 0.1) is 5.56 Å². The second-order valence-corrected chi connectivity index (χ2v) is 4.77. The van der Waals surface area contributed by atoms with Crippen LogP contribution < -0.4 is 0 Å². The van der Waals surface area contributed by atoms with Crippen LogP contribution in [0.2, 0.25) is 0 Å². The Morgan fingerprint density at radius 1 is 1.56 bits per heavy atom. The Bertz CT molecular complexity index is 442. The molecule has 16 heavy (non-hydrogen) atoms. The van der Waals surface area contributed by atoms with Gasteiger partial charge in [-0.15, -0.1) is 0 Å². The van der Waals surface area contributed by atoms with Crippen LogP contribution in [0.15, 0.2) is 18.2 Å². The van der Waals surface area contributed by atoms with E-state index >= 15 is 0 Å². The average Bonchev–Trinajstić information content (AvgIpc) is 2.78. The van der Waals surface area contributed by atoms with Crippen LogP contribution in [0.25, 0.3) is 0 Å². The minimum absolute atomic E-state index is 0.303. The van der Waals surface area contributed by atoms with Gasteiger partial charge in [0.1, 0.15) is 11.4 Å². The summed E-state index contributed by atoms with van der Waals surface area (Å²) in [6, 6.07) is 4.28. The SMILES string of the molecule is Cc1cc(C(=O)O[C@@]2(C)C[C@@H]2C)ccc1F. The van der Waals surface area contributed by atoms with Gasteiger partial charge < -0.3 is 4.74 Å². The molecule has 0 radical (unpaired) electrons. The Morgan fingerprint density at radius 3 is 2.69 bits per heavy atom. The monoisotopic (exact) mass is 222 g/mol. The van der Waals surface area contributed by atoms with Gasteiger partial charge in [0.15, 0.2) is 0 Å². The van der Waals surface area contributed by atoms with Crippen LogP contribution in [0.4, 0.5) is 4.39 Å². The Kier molecular flexibility index (Phi) is 2.49. The summed E-state index contributed by atoms with van der Waals surface area (Å²) in [7, 11) is 0. The molecule has 2 atom stereocenters. The first-order valence-electron chi connectivity index (χ1n) is 5.42. The van der Waals surface area contributed by atoms with Crippen molar-refractivity contribution in [1.29, 1.82) is 0 Å². The Balaban J connectivity index is 2.12. The van der Waals surface area contributed by atoms with Crippen LogP contribution in [0.1, 0.15) is 36.2 Å². The van der Waals surface area contributed by atoms with Crippen molar-refractivity contribution >= 4 is 5.97 Å². The predicted octanol–water partition coefficient (Wildman–Crippen LogP) is 3.09. The fourth-order valence-electron chi connectivity index (χ4n) is 1.73. The molecule has 86 valence electrons. The maximum atomic E-state index is 13.0. The third-order valence-electron chi connectivity index (χ3n) is 3.31. The zero-order valence-electron chi connectivity index (χ0n) is 9.71. The summed E-state index contributed by atoms with van der Waals surface area (Å²) in [4.78, 5) is 11.8. The summed E-state index contributed by atoms with van der Waals surface area (Å²) >= 11 is 0. The van der Waals surface area contributed by atoms with E-state index in [4.69, 9.17) is 4.74 Å². The van der Waals surface area contributed by atoms with Gasteiger partial charge in [-0.2, -0.15) is 0 Å². The number of benzene rings is 1. The number of halogens is 1. The number of rotatable bonds is 2. The van der Waals surface area contributed by atoms with Crippen LogP contribution in [-0.2, 0) is 4.74 Å². The van der Waals surface area contributed by atoms with Crippen LogP contribution in [0.5, 0.6) is 0 Å². The Hall–Kier alpha value is -1.38. The van der Waals surface area contributed by atoms with Gasteiger partial charge in [0.25, 0.3) is 0 Å². The molecule has 1 aromatic rings. The number of esters is 1. The van der Waals surface area contributed by atoms with E-state index in [-0.39, 0.29) is 17.4 Å². The molecule has 0 bridgehead atoms. The molecule has 0 amide bonds. The first kappa shape index (κ1) is 11.1. The summed E-state index contributed by atoms with van der Waals surface area (Å²) in [5.74, 6) is -0.254. The summed E-state index contributed by atoms with van der Waals surface area (Å²) < 4.78 is 18.4. The second kappa shape index (κ2) is 3.58. The molecular weight excluding hydrogens is 207 g/mol. The molecule has 3 heteroatoms. The van der Waals surface area contributed by atoms with Crippen LogP contribution in [-0.4, -0.2) is 11.6 Å². The molecule has 0 unspecified atom stereocenters. The molecule has 2 nitrogen and oxygen atoms in total. The summed E-state index contributed by atoms with van der Waals surface area (Å²) in [5.41, 5.74) is 0.557. The molecule has 0 N–H and O–H groups in total. The lowest BCUT2D eigenvalue weighted by Gasteiger charge is -2.12. The standard InChI is InChI=1S/C13H15FO2/c1-8-6-10(4-5-11(8)14)12(15)16-13(3)7-9(13)2/h4-6,9H,7H2,1-3H3/t9-,13-/m0/s1. The maximum absolute atomic E-state index is 13.0. The van der Waals surface area contributed by atoms with Crippen LogP contribution in [0.3, 0.4) is 0 Å². The smallest absolute Gasteiger partial charge is 0.338 e. The quantitative estimate of drug-likeness (QED) is 0.719. The second-order valence-electron chi connectivity index (χ2n) is 4.77. The lowest BCUT2D eigenvalue weighted by atomic mass is 10.1. The van der Waals surface area contributed by atoms with E-state index in [1.165, 1.54) is 18.2 Å². The Labute approximate surface area is 94.4 Å².